The van der Waals surface area contributed by atoms with Crippen LogP contribution in [0.5, 0.6) is 0 Å². The lowest BCUT2D eigenvalue weighted by Gasteiger charge is -2.37. The Balaban J connectivity index is 1.65. The number of nitrogens with two attached hydrogens (primary N) is 2. The second-order valence-corrected chi connectivity index (χ2v) is 8.24. The highest BCUT2D eigenvalue weighted by atomic mass is 35.5. The third-order valence-corrected chi connectivity index (χ3v) is 5.34. The standard InChI is InChI=1S/C21H26Cl2N6O/c1-21(2)27-19(24)26-20(25)29(21)30-12-6-11-28(14-15-7-4-3-5-8-15)16-9-10-17(22)18(23)13-16/h3-5,7-10,13H,6,11-12,14H2,1-2H3,(H4,24,25,26,27). The van der Waals surface area contributed by atoms with E-state index in [4.69, 9.17) is 39.5 Å². The summed E-state index contributed by atoms with van der Waals surface area (Å²) >= 11 is 12.3. The second kappa shape index (κ2) is 9.55. The maximum absolute atomic E-state index is 6.24. The largest absolute Gasteiger partial charge is 0.368 e. The fourth-order valence-corrected chi connectivity index (χ4v) is 3.51. The van der Waals surface area contributed by atoms with Gasteiger partial charge in [-0.2, -0.15) is 10.1 Å². The Hall–Kier alpha value is -2.48. The van der Waals surface area contributed by atoms with Crippen molar-refractivity contribution in [2.45, 2.75) is 32.5 Å². The molecule has 1 aliphatic heterocycles. The number of anilines is 1. The highest BCUT2D eigenvalue weighted by Gasteiger charge is 2.33. The van der Waals surface area contributed by atoms with E-state index in [0.717, 1.165) is 25.2 Å². The van der Waals surface area contributed by atoms with E-state index in [1.54, 1.807) is 0 Å². The molecule has 0 unspecified atom stereocenters. The molecule has 0 radical (unpaired) electrons. The third kappa shape index (κ3) is 5.56. The van der Waals surface area contributed by atoms with E-state index >= 15 is 0 Å². The number of nitrogens with zero attached hydrogens (tertiary/aromatic N) is 4. The van der Waals surface area contributed by atoms with Gasteiger partial charge in [0, 0.05) is 18.8 Å². The molecule has 160 valence electrons. The first-order valence-electron chi connectivity index (χ1n) is 9.63. The van der Waals surface area contributed by atoms with Gasteiger partial charge in [-0.05, 0) is 44.0 Å². The maximum atomic E-state index is 6.24. The highest BCUT2D eigenvalue weighted by molar-refractivity contribution is 6.42. The van der Waals surface area contributed by atoms with Crippen molar-refractivity contribution in [3.8, 4) is 0 Å². The first-order chi connectivity index (χ1) is 14.3. The molecule has 9 heteroatoms. The molecule has 0 saturated heterocycles. The van der Waals surface area contributed by atoms with Gasteiger partial charge in [-0.15, -0.1) is 0 Å². The number of guanidine groups is 2. The Bertz CT molecular complexity index is 932. The van der Waals surface area contributed by atoms with Crippen LogP contribution in [0.15, 0.2) is 58.5 Å². The van der Waals surface area contributed by atoms with Crippen LogP contribution in [0, 0.1) is 0 Å². The summed E-state index contributed by atoms with van der Waals surface area (Å²) in [6.45, 7) is 5.63. The number of rotatable bonds is 8. The quantitative estimate of drug-likeness (QED) is 0.595. The first kappa shape index (κ1) is 22.2. The van der Waals surface area contributed by atoms with E-state index < -0.39 is 5.66 Å². The normalized spacial score (nSPS) is 15.5. The summed E-state index contributed by atoms with van der Waals surface area (Å²) in [6, 6.07) is 15.9. The van der Waals surface area contributed by atoms with Crippen molar-refractivity contribution in [2.24, 2.45) is 21.5 Å². The number of aliphatic imine (C=N–C) groups is 2. The fourth-order valence-electron chi connectivity index (χ4n) is 3.21. The summed E-state index contributed by atoms with van der Waals surface area (Å²) in [5.74, 6) is 0.337. The van der Waals surface area contributed by atoms with Crippen molar-refractivity contribution in [3.05, 3.63) is 64.1 Å². The van der Waals surface area contributed by atoms with Crippen LogP contribution in [0.2, 0.25) is 10.0 Å². The molecule has 3 rings (SSSR count). The summed E-state index contributed by atoms with van der Waals surface area (Å²) in [5, 5.41) is 2.55. The summed E-state index contributed by atoms with van der Waals surface area (Å²) in [6.07, 6.45) is 0.742. The Kier molecular flexibility index (Phi) is 7.07. The van der Waals surface area contributed by atoms with Crippen molar-refractivity contribution < 1.29 is 4.84 Å². The van der Waals surface area contributed by atoms with Gasteiger partial charge in [-0.25, -0.2) is 4.99 Å². The predicted molar refractivity (Wildman–Crippen MR) is 124 cm³/mol. The number of hydrogen-bond acceptors (Lipinski definition) is 7. The van der Waals surface area contributed by atoms with Crippen LogP contribution in [-0.4, -0.2) is 35.8 Å². The van der Waals surface area contributed by atoms with Gasteiger partial charge in [-0.3, -0.25) is 4.84 Å². The highest BCUT2D eigenvalue weighted by Crippen LogP contribution is 2.28. The molecule has 1 aliphatic rings. The Morgan fingerprint density at radius 2 is 1.80 bits per heavy atom. The molecule has 4 N–H and O–H groups in total. The minimum absolute atomic E-state index is 0.144. The summed E-state index contributed by atoms with van der Waals surface area (Å²) in [4.78, 5) is 16.4. The zero-order chi connectivity index (χ0) is 21.7. The topological polar surface area (TPSA) is 92.5 Å². The van der Waals surface area contributed by atoms with Gasteiger partial charge in [0.25, 0.3) is 0 Å². The van der Waals surface area contributed by atoms with Crippen LogP contribution in [0.25, 0.3) is 0 Å². The minimum atomic E-state index is -0.719. The summed E-state index contributed by atoms with van der Waals surface area (Å²) in [7, 11) is 0. The number of halogens is 2. The van der Waals surface area contributed by atoms with E-state index in [9.17, 15) is 0 Å². The molecule has 0 bridgehead atoms. The van der Waals surface area contributed by atoms with Gasteiger partial charge in [0.15, 0.2) is 5.66 Å². The van der Waals surface area contributed by atoms with Crippen LogP contribution in [0.1, 0.15) is 25.8 Å². The van der Waals surface area contributed by atoms with Crippen LogP contribution >= 0.6 is 23.2 Å². The van der Waals surface area contributed by atoms with E-state index in [-0.39, 0.29) is 11.9 Å². The molecule has 1 heterocycles. The third-order valence-electron chi connectivity index (χ3n) is 4.60. The lowest BCUT2D eigenvalue weighted by Crippen LogP contribution is -2.53. The van der Waals surface area contributed by atoms with E-state index in [1.807, 2.05) is 50.2 Å². The molecule has 0 amide bonds. The zero-order valence-electron chi connectivity index (χ0n) is 17.1. The lowest BCUT2D eigenvalue weighted by atomic mass is 10.2. The van der Waals surface area contributed by atoms with E-state index in [0.29, 0.717) is 16.7 Å². The summed E-state index contributed by atoms with van der Waals surface area (Å²) < 4.78 is 0. The van der Waals surface area contributed by atoms with Gasteiger partial charge in [0.05, 0.1) is 16.7 Å². The van der Waals surface area contributed by atoms with Crippen molar-refractivity contribution in [3.63, 3.8) is 0 Å². The molecular weight excluding hydrogens is 423 g/mol. The average Bonchev–Trinajstić information content (AvgIpc) is 2.68. The molecule has 30 heavy (non-hydrogen) atoms. The smallest absolute Gasteiger partial charge is 0.226 e. The predicted octanol–water partition coefficient (Wildman–Crippen LogP) is 4.00. The van der Waals surface area contributed by atoms with Crippen LogP contribution in [-0.2, 0) is 11.4 Å². The Labute approximate surface area is 186 Å². The van der Waals surface area contributed by atoms with Gasteiger partial charge < -0.3 is 16.4 Å². The van der Waals surface area contributed by atoms with Crippen LogP contribution in [0.3, 0.4) is 0 Å². The molecule has 0 spiro atoms. The number of hydrogen-bond donors (Lipinski definition) is 2. The fraction of sp³-hybridized carbons (Fsp3) is 0.333. The summed E-state index contributed by atoms with van der Waals surface area (Å²) in [5.41, 5.74) is 13.1. The second-order valence-electron chi connectivity index (χ2n) is 7.42. The SMILES string of the molecule is CC1(C)N=C(N)N=C(N)N1OCCCN(Cc1ccccc1)c1ccc(Cl)c(Cl)c1. The Morgan fingerprint density at radius 1 is 1.07 bits per heavy atom. The maximum Gasteiger partial charge on any atom is 0.226 e. The van der Waals surface area contributed by atoms with Crippen molar-refractivity contribution >= 4 is 40.8 Å². The van der Waals surface area contributed by atoms with Gasteiger partial charge in [-0.1, -0.05) is 53.5 Å². The van der Waals surface area contributed by atoms with Crippen molar-refractivity contribution in [2.75, 3.05) is 18.1 Å². The molecule has 7 nitrogen and oxygen atoms in total. The van der Waals surface area contributed by atoms with E-state index in [2.05, 4.69) is 27.0 Å². The number of hydroxylamine groups is 2. The molecule has 2 aromatic rings. The van der Waals surface area contributed by atoms with Crippen molar-refractivity contribution in [1.29, 1.82) is 0 Å². The van der Waals surface area contributed by atoms with E-state index in [1.165, 1.54) is 10.6 Å². The van der Waals surface area contributed by atoms with Gasteiger partial charge in [0.1, 0.15) is 0 Å². The van der Waals surface area contributed by atoms with Gasteiger partial charge >= 0.3 is 0 Å². The molecule has 0 aliphatic carbocycles. The average molecular weight is 449 g/mol. The van der Waals surface area contributed by atoms with Crippen LogP contribution in [0.4, 0.5) is 5.69 Å². The van der Waals surface area contributed by atoms with Crippen molar-refractivity contribution in [1.82, 2.24) is 5.06 Å². The van der Waals surface area contributed by atoms with Gasteiger partial charge in [0.2, 0.25) is 11.9 Å². The number of benzene rings is 2. The Morgan fingerprint density at radius 3 is 2.47 bits per heavy atom. The first-order valence-corrected chi connectivity index (χ1v) is 10.4. The zero-order valence-corrected chi connectivity index (χ0v) is 18.6. The molecule has 2 aromatic carbocycles. The molecule has 0 saturated carbocycles. The minimum Gasteiger partial charge on any atom is -0.368 e. The lowest BCUT2D eigenvalue weighted by molar-refractivity contribution is -0.157. The molecule has 0 fully saturated rings. The molecular formula is C21H26Cl2N6O. The van der Waals surface area contributed by atoms with Crippen LogP contribution < -0.4 is 16.4 Å². The molecule has 0 atom stereocenters. The monoisotopic (exact) mass is 448 g/mol. The molecule has 0 aromatic heterocycles.